The fourth-order valence-corrected chi connectivity index (χ4v) is 0.335. The molecule has 0 aromatic rings. The van der Waals surface area contributed by atoms with Crippen LogP contribution >= 0.6 is 0 Å². The van der Waals surface area contributed by atoms with Crippen molar-refractivity contribution >= 4 is 12.8 Å². The van der Waals surface area contributed by atoms with Gasteiger partial charge in [0.2, 0.25) is 5.78 Å². The number of hydrogen-bond donors (Lipinski definition) is 0. The summed E-state index contributed by atoms with van der Waals surface area (Å²) in [5.74, 6) is 1.87. The summed E-state index contributed by atoms with van der Waals surface area (Å²) in [6, 6.07) is 0. The molecule has 0 spiro atoms. The molecule has 0 saturated carbocycles. The molecule has 0 rings (SSSR count). The van der Waals surface area contributed by atoms with Crippen LogP contribution in [-0.4, -0.2) is 12.8 Å². The van der Waals surface area contributed by atoms with Crippen LogP contribution in [0.15, 0.2) is 0 Å². The molecule has 12 heavy (non-hydrogen) atoms. The number of rotatable bonds is 0. The van der Waals surface area contributed by atoms with Gasteiger partial charge in [-0.1, -0.05) is 26.7 Å². The van der Waals surface area contributed by atoms with Crippen molar-refractivity contribution < 1.29 is 17.7 Å². The molecular weight excluding hydrogens is 168 g/mol. The van der Waals surface area contributed by atoms with E-state index in [9.17, 15) is 17.7 Å². The van der Waals surface area contributed by atoms with Crippen LogP contribution in [0.5, 0.6) is 0 Å². The highest BCUT2D eigenvalue weighted by Gasteiger charge is 2.22. The van der Waals surface area contributed by atoms with Crippen molar-refractivity contribution in [3.05, 3.63) is 0 Å². The number of carbonyl (C=O) groups excluding carboxylic acids is 1. The quantitative estimate of drug-likeness (QED) is 0.408. The van der Waals surface area contributed by atoms with E-state index in [1.54, 1.807) is 5.92 Å². The largest absolute Gasteiger partial charge is 0.558 e. The Hall–Kier alpha value is -0.915. The lowest BCUT2D eigenvalue weighted by Crippen LogP contribution is -2.19. The van der Waals surface area contributed by atoms with Crippen molar-refractivity contribution in [2.45, 2.75) is 20.8 Å². The van der Waals surface area contributed by atoms with Crippen LogP contribution in [0.25, 0.3) is 0 Å². The van der Waals surface area contributed by atoms with Crippen molar-refractivity contribution in [1.29, 1.82) is 0 Å². The Morgan fingerprint density at radius 1 is 1.25 bits per heavy atom. The molecule has 0 N–H and O–H groups in total. The summed E-state index contributed by atoms with van der Waals surface area (Å²) in [5, 5.41) is 0. The third kappa shape index (κ3) is 4.83. The first-order chi connectivity index (χ1) is 5.13. The molecule has 0 aromatic carbocycles. The summed E-state index contributed by atoms with van der Waals surface area (Å²) < 4.78 is 34.6. The highest BCUT2D eigenvalue weighted by Crippen LogP contribution is 2.14. The van der Waals surface area contributed by atoms with Crippen molar-refractivity contribution in [3.63, 3.8) is 0 Å². The molecule has 0 radical (unpaired) electrons. The van der Waals surface area contributed by atoms with Gasteiger partial charge < -0.3 is 12.9 Å². The fraction of sp³-hybridized carbons (Fsp3) is 0.571. The van der Waals surface area contributed by atoms with Gasteiger partial charge in [-0.15, -0.1) is 0 Å². The molecule has 0 unspecified atom stereocenters. The average Bonchev–Trinajstić information content (AvgIpc) is 1.78. The SMILES string of the molecule is CC(C)(C)C(=O)C#C[B-](F)(F)F. The van der Waals surface area contributed by atoms with Crippen LogP contribution in [-0.2, 0) is 4.79 Å². The van der Waals surface area contributed by atoms with E-state index in [0.717, 1.165) is 5.82 Å². The molecule has 0 aliphatic heterocycles. The smallest absolute Gasteiger partial charge is 0.438 e. The minimum absolute atomic E-state index is 0.693. The highest BCUT2D eigenvalue weighted by molar-refractivity contribution is 6.68. The zero-order valence-electron chi connectivity index (χ0n) is 7.12. The van der Waals surface area contributed by atoms with Gasteiger partial charge in [0.1, 0.15) is 0 Å². The first kappa shape index (κ1) is 11.1. The van der Waals surface area contributed by atoms with Crippen LogP contribution in [0.2, 0.25) is 0 Å². The van der Waals surface area contributed by atoms with Gasteiger partial charge >= 0.3 is 6.98 Å². The van der Waals surface area contributed by atoms with Crippen LogP contribution in [0.4, 0.5) is 12.9 Å². The normalized spacial score (nSPS) is 11.8. The van der Waals surface area contributed by atoms with Crippen LogP contribution in [0, 0.1) is 17.2 Å². The Morgan fingerprint density at radius 3 is 1.92 bits per heavy atom. The van der Waals surface area contributed by atoms with Crippen LogP contribution in [0.3, 0.4) is 0 Å². The van der Waals surface area contributed by atoms with E-state index in [2.05, 4.69) is 0 Å². The molecule has 5 heteroatoms. The number of halogens is 3. The van der Waals surface area contributed by atoms with E-state index in [-0.39, 0.29) is 0 Å². The van der Waals surface area contributed by atoms with E-state index in [4.69, 9.17) is 0 Å². The van der Waals surface area contributed by atoms with Crippen molar-refractivity contribution in [2.24, 2.45) is 5.41 Å². The summed E-state index contributed by atoms with van der Waals surface area (Å²) in [6.07, 6.45) is 0. The summed E-state index contributed by atoms with van der Waals surface area (Å²) in [6.45, 7) is -0.603. The van der Waals surface area contributed by atoms with Crippen molar-refractivity contribution in [2.75, 3.05) is 0 Å². The minimum atomic E-state index is -5.17. The minimum Gasteiger partial charge on any atom is -0.438 e. The number of Topliss-reactive ketones (excluding diaryl/α,β-unsaturated/α-hetero) is 1. The van der Waals surface area contributed by atoms with Gasteiger partial charge in [-0.25, -0.2) is 0 Å². The van der Waals surface area contributed by atoms with Gasteiger partial charge in [0.15, 0.2) is 0 Å². The second-order valence-electron chi connectivity index (χ2n) is 3.42. The number of ketones is 1. The predicted octanol–water partition coefficient (Wildman–Crippen LogP) is 1.99. The number of hydrogen-bond acceptors (Lipinski definition) is 1. The van der Waals surface area contributed by atoms with Gasteiger partial charge in [-0.3, -0.25) is 4.79 Å². The van der Waals surface area contributed by atoms with E-state index in [1.165, 1.54) is 20.8 Å². The second kappa shape index (κ2) is 3.22. The first-order valence-electron chi connectivity index (χ1n) is 3.40. The molecule has 0 aromatic heterocycles. The maximum absolute atomic E-state index is 11.5. The van der Waals surface area contributed by atoms with Gasteiger partial charge in [0, 0.05) is 5.41 Å². The molecule has 0 aliphatic carbocycles. The Balaban J connectivity index is 4.46. The fourth-order valence-electron chi connectivity index (χ4n) is 0.335. The molecule has 1 nitrogen and oxygen atoms in total. The van der Waals surface area contributed by atoms with Crippen molar-refractivity contribution in [3.8, 4) is 11.7 Å². The molecular formula is C7H9BF3O-. The van der Waals surface area contributed by atoms with E-state index in [1.807, 2.05) is 0 Å². The molecule has 0 amide bonds. The Labute approximate surface area is 69.4 Å². The standard InChI is InChI=1S/C7H9BF3O/c1-7(2,3)6(12)4-5-8(9,10)11/h1-3H3/q-1. The summed E-state index contributed by atoms with van der Waals surface area (Å²) >= 11 is 0. The number of carbonyl (C=O) groups is 1. The highest BCUT2D eigenvalue weighted by atomic mass is 19.4. The molecule has 0 saturated heterocycles. The molecule has 0 fully saturated rings. The second-order valence-corrected chi connectivity index (χ2v) is 3.42. The molecule has 0 heterocycles. The topological polar surface area (TPSA) is 17.1 Å². The zero-order valence-corrected chi connectivity index (χ0v) is 7.12. The van der Waals surface area contributed by atoms with Gasteiger partial charge in [0.25, 0.3) is 0 Å². The third-order valence-corrected chi connectivity index (χ3v) is 1.03. The Kier molecular flexibility index (Phi) is 2.97. The Morgan fingerprint density at radius 2 is 1.67 bits per heavy atom. The molecule has 0 atom stereocenters. The first-order valence-corrected chi connectivity index (χ1v) is 3.40. The lowest BCUT2D eigenvalue weighted by atomic mass is 9.88. The summed E-state index contributed by atoms with van der Waals surface area (Å²) in [7, 11) is 0. The lowest BCUT2D eigenvalue weighted by molar-refractivity contribution is -0.120. The maximum atomic E-state index is 11.5. The predicted molar refractivity (Wildman–Crippen MR) is 41.3 cm³/mol. The zero-order chi connectivity index (χ0) is 9.99. The average molecular weight is 177 g/mol. The summed E-state index contributed by atoms with van der Waals surface area (Å²) in [5.41, 5.74) is -0.825. The molecule has 0 aliphatic rings. The van der Waals surface area contributed by atoms with Gasteiger partial charge in [0.05, 0.1) is 0 Å². The monoisotopic (exact) mass is 177 g/mol. The van der Waals surface area contributed by atoms with E-state index >= 15 is 0 Å². The van der Waals surface area contributed by atoms with Crippen LogP contribution < -0.4 is 0 Å². The van der Waals surface area contributed by atoms with Crippen molar-refractivity contribution in [1.82, 2.24) is 0 Å². The van der Waals surface area contributed by atoms with Gasteiger partial charge in [-0.05, 0) is 0 Å². The summed E-state index contributed by atoms with van der Waals surface area (Å²) in [4.78, 5) is 10.8. The third-order valence-electron chi connectivity index (χ3n) is 1.03. The van der Waals surface area contributed by atoms with E-state index in [0.29, 0.717) is 0 Å². The van der Waals surface area contributed by atoms with Crippen LogP contribution in [0.1, 0.15) is 20.8 Å². The molecule has 68 valence electrons. The lowest BCUT2D eigenvalue weighted by Gasteiger charge is -2.11. The Bertz CT molecular complexity index is 238. The molecule has 0 bridgehead atoms. The van der Waals surface area contributed by atoms with Gasteiger partial charge in [-0.2, -0.15) is 5.82 Å². The maximum Gasteiger partial charge on any atom is 0.558 e. The van der Waals surface area contributed by atoms with E-state index < -0.39 is 18.2 Å².